The van der Waals surface area contributed by atoms with Gasteiger partial charge in [-0.2, -0.15) is 0 Å². The first-order valence-electron chi connectivity index (χ1n) is 10.1. The highest BCUT2D eigenvalue weighted by molar-refractivity contribution is 6.34. The minimum absolute atomic E-state index is 0.239. The minimum atomic E-state index is -0.550. The van der Waals surface area contributed by atoms with Gasteiger partial charge in [0.25, 0.3) is 0 Å². The molecule has 2 rings (SSSR count). The van der Waals surface area contributed by atoms with E-state index in [1.165, 1.54) is 0 Å². The third kappa shape index (κ3) is 8.67. The molecule has 168 valence electrons. The first-order valence-corrected chi connectivity index (χ1v) is 10.8. The Morgan fingerprint density at radius 2 is 1.16 bits per heavy atom. The summed E-state index contributed by atoms with van der Waals surface area (Å²) < 4.78 is 10.3. The van der Waals surface area contributed by atoms with Crippen molar-refractivity contribution in [1.29, 1.82) is 0 Å². The second-order valence-corrected chi connectivity index (χ2v) is 8.85. The Morgan fingerprint density at radius 1 is 0.774 bits per heavy atom. The van der Waals surface area contributed by atoms with E-state index in [1.54, 1.807) is 24.3 Å². The van der Waals surface area contributed by atoms with Crippen molar-refractivity contribution in [3.63, 3.8) is 0 Å². The van der Waals surface area contributed by atoms with Crippen molar-refractivity contribution in [2.45, 2.75) is 34.1 Å². The molecule has 0 saturated heterocycles. The van der Waals surface area contributed by atoms with Gasteiger partial charge in [0, 0.05) is 0 Å². The molecule has 0 unspecified atom stereocenters. The summed E-state index contributed by atoms with van der Waals surface area (Å²) in [5, 5.41) is 6.17. The van der Waals surface area contributed by atoms with Gasteiger partial charge in [0.2, 0.25) is 0 Å². The fourth-order valence-electron chi connectivity index (χ4n) is 2.57. The molecule has 0 atom stereocenters. The van der Waals surface area contributed by atoms with Crippen LogP contribution in [0.5, 0.6) is 0 Å². The van der Waals surface area contributed by atoms with E-state index in [0.717, 1.165) is 11.1 Å². The van der Waals surface area contributed by atoms with Crippen LogP contribution in [-0.2, 0) is 15.9 Å². The monoisotopic (exact) mass is 466 g/mol. The Labute approximate surface area is 193 Å². The van der Waals surface area contributed by atoms with E-state index in [4.69, 9.17) is 32.7 Å². The number of ether oxygens (including phenoxy) is 2. The van der Waals surface area contributed by atoms with Crippen molar-refractivity contribution in [1.82, 2.24) is 0 Å². The summed E-state index contributed by atoms with van der Waals surface area (Å²) in [6.07, 6.45) is -0.559. The van der Waals surface area contributed by atoms with Crippen LogP contribution in [-0.4, -0.2) is 25.4 Å². The summed E-state index contributed by atoms with van der Waals surface area (Å²) in [4.78, 5) is 23.9. The van der Waals surface area contributed by atoms with E-state index in [-0.39, 0.29) is 11.8 Å². The summed E-state index contributed by atoms with van der Waals surface area (Å²) >= 11 is 12.4. The number of carbonyl (C=O) groups is 2. The van der Waals surface area contributed by atoms with Crippen LogP contribution in [0.2, 0.25) is 10.0 Å². The first kappa shape index (κ1) is 24.8. The Bertz CT molecular complexity index is 843. The van der Waals surface area contributed by atoms with Crippen molar-refractivity contribution < 1.29 is 19.1 Å². The fraction of sp³-hybridized carbons (Fsp3) is 0.391. The molecule has 31 heavy (non-hydrogen) atoms. The van der Waals surface area contributed by atoms with Gasteiger partial charge in [0.05, 0.1) is 34.6 Å². The maximum atomic E-state index is 12.0. The number of amides is 2. The zero-order valence-electron chi connectivity index (χ0n) is 18.1. The molecule has 0 aromatic heterocycles. The molecule has 0 aliphatic heterocycles. The molecule has 6 nitrogen and oxygen atoms in total. The van der Waals surface area contributed by atoms with Gasteiger partial charge < -0.3 is 9.47 Å². The summed E-state index contributed by atoms with van der Waals surface area (Å²) in [5.74, 6) is 0.478. The van der Waals surface area contributed by atoms with Gasteiger partial charge in [-0.1, -0.05) is 63.0 Å². The van der Waals surface area contributed by atoms with Crippen LogP contribution in [0.4, 0.5) is 21.0 Å². The van der Waals surface area contributed by atoms with Gasteiger partial charge in [0.15, 0.2) is 0 Å². The molecule has 0 spiro atoms. The topological polar surface area (TPSA) is 76.7 Å². The zero-order valence-corrected chi connectivity index (χ0v) is 19.6. The molecule has 2 amide bonds. The van der Waals surface area contributed by atoms with E-state index in [1.807, 2.05) is 39.8 Å². The molecule has 0 radical (unpaired) electrons. The van der Waals surface area contributed by atoms with Crippen LogP contribution in [0.25, 0.3) is 0 Å². The number of benzene rings is 2. The molecule has 0 bridgehead atoms. The van der Waals surface area contributed by atoms with Crippen LogP contribution in [0.3, 0.4) is 0 Å². The Hall–Kier alpha value is -2.44. The van der Waals surface area contributed by atoms with Crippen molar-refractivity contribution in [3.05, 3.63) is 57.6 Å². The van der Waals surface area contributed by atoms with Crippen molar-refractivity contribution in [2.75, 3.05) is 23.8 Å². The lowest BCUT2D eigenvalue weighted by Crippen LogP contribution is -2.17. The van der Waals surface area contributed by atoms with Gasteiger partial charge in [-0.15, -0.1) is 0 Å². The molecule has 0 fully saturated rings. The smallest absolute Gasteiger partial charge is 0.411 e. The summed E-state index contributed by atoms with van der Waals surface area (Å²) in [5.41, 5.74) is 2.77. The third-order valence-corrected chi connectivity index (χ3v) is 4.70. The molecule has 2 N–H and O–H groups in total. The molecule has 2 aromatic rings. The number of nitrogens with one attached hydrogen (secondary N) is 2. The van der Waals surface area contributed by atoms with Gasteiger partial charge in [-0.05, 0) is 53.6 Å². The van der Waals surface area contributed by atoms with E-state index >= 15 is 0 Å². The van der Waals surface area contributed by atoms with Gasteiger partial charge >= 0.3 is 12.2 Å². The maximum Gasteiger partial charge on any atom is 0.411 e. The number of rotatable bonds is 8. The van der Waals surface area contributed by atoms with Crippen LogP contribution < -0.4 is 10.6 Å². The predicted octanol–water partition coefficient (Wildman–Crippen LogP) is 6.99. The molecular weight excluding hydrogens is 439 g/mol. The lowest BCUT2D eigenvalue weighted by Gasteiger charge is -2.13. The molecule has 0 aliphatic carbocycles. The lowest BCUT2D eigenvalue weighted by atomic mass is 10.0. The van der Waals surface area contributed by atoms with Gasteiger partial charge in [0.1, 0.15) is 0 Å². The SMILES string of the molecule is CC(C)COC(=O)Nc1cc(Cc2ccc(Cl)c(NC(=O)OCC(C)C)c2)ccc1Cl. The maximum absolute atomic E-state index is 12.0. The molecule has 0 aliphatic rings. The Balaban J connectivity index is 2.08. The zero-order chi connectivity index (χ0) is 23.0. The molecule has 0 saturated carbocycles. The number of carbonyl (C=O) groups excluding carboxylic acids is 2. The fourth-order valence-corrected chi connectivity index (χ4v) is 2.90. The predicted molar refractivity (Wildman–Crippen MR) is 125 cm³/mol. The number of halogens is 2. The quantitative estimate of drug-likeness (QED) is 0.439. The largest absolute Gasteiger partial charge is 0.449 e. The summed E-state index contributed by atoms with van der Waals surface area (Å²) in [6, 6.07) is 10.7. The van der Waals surface area contributed by atoms with E-state index < -0.39 is 12.2 Å². The van der Waals surface area contributed by atoms with Gasteiger partial charge in [-0.3, -0.25) is 10.6 Å². The molecule has 8 heteroatoms. The number of anilines is 2. The molecular formula is C23H28Cl2N2O4. The van der Waals surface area contributed by atoms with E-state index in [0.29, 0.717) is 41.1 Å². The van der Waals surface area contributed by atoms with Crippen LogP contribution in [0.1, 0.15) is 38.8 Å². The minimum Gasteiger partial charge on any atom is -0.449 e. The lowest BCUT2D eigenvalue weighted by molar-refractivity contribution is 0.147. The normalized spacial score (nSPS) is 10.8. The molecule has 2 aromatic carbocycles. The van der Waals surface area contributed by atoms with Crippen molar-refractivity contribution in [2.24, 2.45) is 11.8 Å². The van der Waals surface area contributed by atoms with Crippen LogP contribution in [0, 0.1) is 11.8 Å². The van der Waals surface area contributed by atoms with E-state index in [9.17, 15) is 9.59 Å². The van der Waals surface area contributed by atoms with Crippen molar-refractivity contribution in [3.8, 4) is 0 Å². The van der Waals surface area contributed by atoms with Crippen molar-refractivity contribution >= 4 is 46.8 Å². The highest BCUT2D eigenvalue weighted by Crippen LogP contribution is 2.27. The summed E-state index contributed by atoms with van der Waals surface area (Å²) in [7, 11) is 0. The third-order valence-electron chi connectivity index (χ3n) is 4.04. The van der Waals surface area contributed by atoms with Crippen LogP contribution >= 0.6 is 23.2 Å². The van der Waals surface area contributed by atoms with E-state index in [2.05, 4.69) is 10.6 Å². The van der Waals surface area contributed by atoms with Gasteiger partial charge in [-0.25, -0.2) is 9.59 Å². The second kappa shape index (κ2) is 11.8. The Kier molecular flexibility index (Phi) is 9.46. The highest BCUT2D eigenvalue weighted by atomic mass is 35.5. The Morgan fingerprint density at radius 3 is 1.52 bits per heavy atom. The summed E-state index contributed by atoms with van der Waals surface area (Å²) in [6.45, 7) is 8.48. The highest BCUT2D eigenvalue weighted by Gasteiger charge is 2.11. The standard InChI is InChI=1S/C23H28Cl2N2O4/c1-14(2)12-30-22(28)26-20-10-16(5-7-18(20)24)9-17-6-8-19(25)21(11-17)27-23(29)31-13-15(3)4/h5-8,10-11,14-15H,9,12-13H2,1-4H3,(H,26,28)(H,27,29). The average molecular weight is 467 g/mol. The molecule has 0 heterocycles. The first-order chi connectivity index (χ1) is 14.6. The average Bonchev–Trinajstić information content (AvgIpc) is 2.70. The second-order valence-electron chi connectivity index (χ2n) is 8.04. The number of hydrogen-bond acceptors (Lipinski definition) is 4. The number of hydrogen-bond donors (Lipinski definition) is 2. The van der Waals surface area contributed by atoms with Crippen LogP contribution in [0.15, 0.2) is 36.4 Å².